The summed E-state index contributed by atoms with van der Waals surface area (Å²) in [6.45, 7) is 5.29. The van der Waals surface area contributed by atoms with Crippen LogP contribution in [-0.4, -0.2) is 29.7 Å². The molecule has 6 nitrogen and oxygen atoms in total. The first-order chi connectivity index (χ1) is 10.2. The summed E-state index contributed by atoms with van der Waals surface area (Å²) in [5.41, 5.74) is 6.31. The monoisotopic (exact) mass is 288 g/mol. The fourth-order valence-corrected chi connectivity index (χ4v) is 1.81. The molecule has 0 saturated heterocycles. The van der Waals surface area contributed by atoms with E-state index >= 15 is 0 Å². The summed E-state index contributed by atoms with van der Waals surface area (Å²) >= 11 is 0. The topological polar surface area (TPSA) is 82.3 Å². The lowest BCUT2D eigenvalue weighted by molar-refractivity contribution is 0.325. The van der Waals surface area contributed by atoms with Gasteiger partial charge in [0.1, 0.15) is 24.0 Å². The van der Waals surface area contributed by atoms with Crippen LogP contribution in [0.1, 0.15) is 12.7 Å². The number of aryl methyl sites for hydroxylation is 1. The molecule has 0 spiro atoms. The lowest BCUT2D eigenvalue weighted by Gasteiger charge is -2.10. The molecule has 6 heteroatoms. The van der Waals surface area contributed by atoms with Crippen molar-refractivity contribution in [2.45, 2.75) is 13.8 Å². The molecule has 0 unspecified atom stereocenters. The quantitative estimate of drug-likeness (QED) is 0.813. The van der Waals surface area contributed by atoms with Gasteiger partial charge >= 0.3 is 0 Å². The van der Waals surface area contributed by atoms with Crippen molar-refractivity contribution in [3.8, 4) is 11.6 Å². The zero-order chi connectivity index (χ0) is 15.1. The van der Waals surface area contributed by atoms with E-state index in [2.05, 4.69) is 15.3 Å². The van der Waals surface area contributed by atoms with Crippen LogP contribution in [0, 0.1) is 6.92 Å². The lowest BCUT2D eigenvalue weighted by Crippen LogP contribution is -2.10. The number of hydrogen-bond donors (Lipinski definition) is 2. The molecule has 1 heterocycles. The predicted octanol–water partition coefficient (Wildman–Crippen LogP) is 2.26. The molecule has 2 aromatic rings. The molecule has 1 aromatic heterocycles. The Balaban J connectivity index is 2.13. The minimum absolute atomic E-state index is 0.487. The Bertz CT molecular complexity index is 590. The van der Waals surface area contributed by atoms with Crippen molar-refractivity contribution in [2.24, 2.45) is 5.73 Å². The number of ether oxygens (including phenoxy) is 2. The first-order valence-corrected chi connectivity index (χ1v) is 6.89. The van der Waals surface area contributed by atoms with Gasteiger partial charge in [0.05, 0.1) is 6.61 Å². The SMILES string of the molecule is CCOc1cc(Nc2cccc(OCCN)c2)nc(C)n1. The molecule has 0 aliphatic heterocycles. The molecule has 0 radical (unpaired) electrons. The van der Waals surface area contributed by atoms with E-state index in [1.54, 1.807) is 6.07 Å². The van der Waals surface area contributed by atoms with Crippen molar-refractivity contribution in [1.29, 1.82) is 0 Å². The molecule has 0 aliphatic rings. The Labute approximate surface area is 124 Å². The Kier molecular flexibility index (Phi) is 5.34. The summed E-state index contributed by atoms with van der Waals surface area (Å²) in [4.78, 5) is 8.55. The number of benzene rings is 1. The van der Waals surface area contributed by atoms with Gasteiger partial charge in [-0.25, -0.2) is 4.98 Å². The fraction of sp³-hybridized carbons (Fsp3) is 0.333. The Morgan fingerprint density at radius 3 is 2.81 bits per heavy atom. The van der Waals surface area contributed by atoms with Crippen LogP contribution < -0.4 is 20.5 Å². The third kappa shape index (κ3) is 4.61. The van der Waals surface area contributed by atoms with Gasteiger partial charge in [-0.15, -0.1) is 0 Å². The van der Waals surface area contributed by atoms with Crippen molar-refractivity contribution < 1.29 is 9.47 Å². The Morgan fingerprint density at radius 2 is 2.05 bits per heavy atom. The summed E-state index contributed by atoms with van der Waals surface area (Å²) in [6, 6.07) is 9.40. The van der Waals surface area contributed by atoms with Gasteiger partial charge in [0, 0.05) is 24.4 Å². The summed E-state index contributed by atoms with van der Waals surface area (Å²) in [5, 5.41) is 3.22. The van der Waals surface area contributed by atoms with Crippen molar-refractivity contribution in [3.05, 3.63) is 36.2 Å². The average molecular weight is 288 g/mol. The maximum absolute atomic E-state index is 5.50. The van der Waals surface area contributed by atoms with Gasteiger partial charge in [0.15, 0.2) is 0 Å². The first kappa shape index (κ1) is 15.1. The lowest BCUT2D eigenvalue weighted by atomic mass is 10.3. The van der Waals surface area contributed by atoms with Gasteiger partial charge in [0.2, 0.25) is 5.88 Å². The smallest absolute Gasteiger partial charge is 0.218 e. The number of nitrogens with one attached hydrogen (secondary N) is 1. The van der Waals surface area contributed by atoms with Crippen molar-refractivity contribution >= 4 is 11.5 Å². The highest BCUT2D eigenvalue weighted by Crippen LogP contribution is 2.22. The zero-order valence-corrected chi connectivity index (χ0v) is 12.3. The van der Waals surface area contributed by atoms with Gasteiger partial charge in [-0.1, -0.05) is 6.07 Å². The molecule has 0 atom stereocenters. The molecule has 0 amide bonds. The van der Waals surface area contributed by atoms with Crippen LogP contribution in [0.5, 0.6) is 11.6 Å². The van der Waals surface area contributed by atoms with Crippen molar-refractivity contribution in [2.75, 3.05) is 25.1 Å². The van der Waals surface area contributed by atoms with Gasteiger partial charge in [-0.2, -0.15) is 4.98 Å². The second-order valence-corrected chi connectivity index (χ2v) is 4.36. The Hall–Kier alpha value is -2.34. The molecule has 0 aliphatic carbocycles. The summed E-state index contributed by atoms with van der Waals surface area (Å²) < 4.78 is 10.9. The normalized spacial score (nSPS) is 10.2. The van der Waals surface area contributed by atoms with E-state index in [1.165, 1.54) is 0 Å². The van der Waals surface area contributed by atoms with E-state index in [0.29, 0.717) is 37.3 Å². The minimum Gasteiger partial charge on any atom is -0.492 e. The van der Waals surface area contributed by atoms with Crippen LogP contribution in [-0.2, 0) is 0 Å². The van der Waals surface area contributed by atoms with E-state index in [1.807, 2.05) is 38.1 Å². The highest BCUT2D eigenvalue weighted by molar-refractivity contribution is 5.58. The highest BCUT2D eigenvalue weighted by atomic mass is 16.5. The van der Waals surface area contributed by atoms with Crippen LogP contribution in [0.4, 0.5) is 11.5 Å². The van der Waals surface area contributed by atoms with Crippen LogP contribution in [0.25, 0.3) is 0 Å². The largest absolute Gasteiger partial charge is 0.492 e. The molecular weight excluding hydrogens is 268 g/mol. The maximum Gasteiger partial charge on any atom is 0.218 e. The van der Waals surface area contributed by atoms with E-state index in [9.17, 15) is 0 Å². The molecule has 0 bridgehead atoms. The summed E-state index contributed by atoms with van der Waals surface area (Å²) in [6.07, 6.45) is 0. The standard InChI is InChI=1S/C15H20N4O2/c1-3-20-15-10-14(17-11(2)18-15)19-12-5-4-6-13(9-12)21-8-7-16/h4-6,9-10H,3,7-8,16H2,1-2H3,(H,17,18,19). The molecule has 21 heavy (non-hydrogen) atoms. The molecule has 0 fully saturated rings. The Morgan fingerprint density at radius 1 is 1.19 bits per heavy atom. The van der Waals surface area contributed by atoms with Crippen LogP contribution in [0.15, 0.2) is 30.3 Å². The van der Waals surface area contributed by atoms with Gasteiger partial charge in [-0.05, 0) is 26.0 Å². The predicted molar refractivity (Wildman–Crippen MR) is 82.2 cm³/mol. The second kappa shape index (κ2) is 7.44. The second-order valence-electron chi connectivity index (χ2n) is 4.36. The fourth-order valence-electron chi connectivity index (χ4n) is 1.81. The van der Waals surface area contributed by atoms with Crippen molar-refractivity contribution in [1.82, 2.24) is 9.97 Å². The first-order valence-electron chi connectivity index (χ1n) is 6.89. The number of hydrogen-bond acceptors (Lipinski definition) is 6. The minimum atomic E-state index is 0.487. The highest BCUT2D eigenvalue weighted by Gasteiger charge is 2.04. The third-order valence-corrected chi connectivity index (χ3v) is 2.60. The van der Waals surface area contributed by atoms with Crippen LogP contribution in [0.3, 0.4) is 0 Å². The summed E-state index contributed by atoms with van der Waals surface area (Å²) in [5.74, 6) is 2.66. The molecule has 1 aromatic carbocycles. The number of nitrogens with zero attached hydrogens (tertiary/aromatic N) is 2. The van der Waals surface area contributed by atoms with Crippen molar-refractivity contribution in [3.63, 3.8) is 0 Å². The average Bonchev–Trinajstić information content (AvgIpc) is 2.45. The van der Waals surface area contributed by atoms with E-state index in [-0.39, 0.29) is 0 Å². The van der Waals surface area contributed by atoms with Gasteiger partial charge < -0.3 is 20.5 Å². The van der Waals surface area contributed by atoms with Crippen LogP contribution in [0.2, 0.25) is 0 Å². The van der Waals surface area contributed by atoms with E-state index in [4.69, 9.17) is 15.2 Å². The summed E-state index contributed by atoms with van der Waals surface area (Å²) in [7, 11) is 0. The van der Waals surface area contributed by atoms with Gasteiger partial charge in [-0.3, -0.25) is 0 Å². The van der Waals surface area contributed by atoms with Gasteiger partial charge in [0.25, 0.3) is 0 Å². The number of nitrogens with two attached hydrogens (primary N) is 1. The zero-order valence-electron chi connectivity index (χ0n) is 12.3. The van der Waals surface area contributed by atoms with E-state index < -0.39 is 0 Å². The molecule has 112 valence electrons. The molecule has 0 saturated carbocycles. The third-order valence-electron chi connectivity index (χ3n) is 2.60. The molecule has 2 rings (SSSR count). The molecule has 3 N–H and O–H groups in total. The number of anilines is 2. The molecular formula is C15H20N4O2. The maximum atomic E-state index is 5.50. The number of rotatable bonds is 7. The van der Waals surface area contributed by atoms with Crippen LogP contribution >= 0.6 is 0 Å². The number of aromatic nitrogens is 2. The van der Waals surface area contributed by atoms with E-state index in [0.717, 1.165) is 11.4 Å².